The monoisotopic (exact) mass is 287 g/mol. The van der Waals surface area contributed by atoms with E-state index in [1.54, 1.807) is 24.3 Å². The van der Waals surface area contributed by atoms with Crippen LogP contribution in [0.5, 0.6) is 0 Å². The molecule has 1 aromatic carbocycles. The molecular formula is C14H17N5O2. The second-order valence-electron chi connectivity index (χ2n) is 4.68. The fourth-order valence-corrected chi connectivity index (χ4v) is 1.68. The number of hydrogen-bond donors (Lipinski definition) is 4. The molecule has 0 saturated heterocycles. The minimum absolute atomic E-state index is 0.130. The Morgan fingerprint density at radius 3 is 2.48 bits per heavy atom. The van der Waals surface area contributed by atoms with E-state index in [4.69, 9.17) is 5.73 Å². The normalized spacial score (nSPS) is 10.2. The number of anilines is 2. The standard InChI is InChI=1S/C14H17N5O2/c1-8-9(2)18-19-13(8)17-12(20)7-16-14(21)10-3-5-11(15)6-4-10/h3-6H,7,15H2,1-2H3,(H,16,21)(H2,17,18,19,20). The van der Waals surface area contributed by atoms with Gasteiger partial charge in [-0.25, -0.2) is 0 Å². The lowest BCUT2D eigenvalue weighted by Gasteiger charge is -2.06. The van der Waals surface area contributed by atoms with E-state index >= 15 is 0 Å². The molecule has 110 valence electrons. The molecule has 7 nitrogen and oxygen atoms in total. The summed E-state index contributed by atoms with van der Waals surface area (Å²) in [5, 5.41) is 11.9. The Balaban J connectivity index is 1.88. The van der Waals surface area contributed by atoms with E-state index < -0.39 is 0 Å². The van der Waals surface area contributed by atoms with Gasteiger partial charge < -0.3 is 16.4 Å². The Morgan fingerprint density at radius 2 is 1.90 bits per heavy atom. The third-order valence-corrected chi connectivity index (χ3v) is 3.09. The van der Waals surface area contributed by atoms with E-state index in [1.165, 1.54) is 0 Å². The van der Waals surface area contributed by atoms with Crippen LogP contribution in [0.2, 0.25) is 0 Å². The molecule has 0 aliphatic rings. The van der Waals surface area contributed by atoms with Gasteiger partial charge in [0.1, 0.15) is 0 Å². The number of aromatic nitrogens is 2. The first kappa shape index (κ1) is 14.6. The van der Waals surface area contributed by atoms with Crippen LogP contribution in [-0.2, 0) is 4.79 Å². The van der Waals surface area contributed by atoms with Gasteiger partial charge in [-0.1, -0.05) is 0 Å². The van der Waals surface area contributed by atoms with E-state index in [1.807, 2.05) is 13.8 Å². The summed E-state index contributed by atoms with van der Waals surface area (Å²) in [6.45, 7) is 3.58. The Kier molecular flexibility index (Phi) is 4.22. The zero-order valence-corrected chi connectivity index (χ0v) is 11.9. The van der Waals surface area contributed by atoms with Crippen molar-refractivity contribution in [2.45, 2.75) is 13.8 Å². The Bertz CT molecular complexity index is 661. The molecule has 0 radical (unpaired) electrons. The number of aryl methyl sites for hydroxylation is 1. The van der Waals surface area contributed by atoms with Gasteiger partial charge in [-0.3, -0.25) is 14.7 Å². The highest BCUT2D eigenvalue weighted by Crippen LogP contribution is 2.13. The van der Waals surface area contributed by atoms with E-state index in [-0.39, 0.29) is 18.4 Å². The first-order chi connectivity index (χ1) is 9.97. The van der Waals surface area contributed by atoms with Crippen LogP contribution in [0, 0.1) is 13.8 Å². The number of nitrogen functional groups attached to an aromatic ring is 1. The topological polar surface area (TPSA) is 113 Å². The molecule has 0 spiro atoms. The lowest BCUT2D eigenvalue weighted by molar-refractivity contribution is -0.115. The van der Waals surface area contributed by atoms with Gasteiger partial charge in [-0.2, -0.15) is 5.10 Å². The number of nitrogens with zero attached hydrogens (tertiary/aromatic N) is 1. The molecular weight excluding hydrogens is 270 g/mol. The van der Waals surface area contributed by atoms with Gasteiger partial charge in [0.2, 0.25) is 5.91 Å². The van der Waals surface area contributed by atoms with Crippen molar-refractivity contribution >= 4 is 23.3 Å². The number of nitrogens with one attached hydrogen (secondary N) is 3. The van der Waals surface area contributed by atoms with Crippen LogP contribution < -0.4 is 16.4 Å². The zero-order valence-electron chi connectivity index (χ0n) is 11.9. The van der Waals surface area contributed by atoms with Gasteiger partial charge >= 0.3 is 0 Å². The molecule has 5 N–H and O–H groups in total. The van der Waals surface area contributed by atoms with Crippen LogP contribution in [0.25, 0.3) is 0 Å². The number of nitrogens with two attached hydrogens (primary N) is 1. The number of carbonyl (C=O) groups is 2. The van der Waals surface area contributed by atoms with E-state index in [9.17, 15) is 9.59 Å². The maximum atomic E-state index is 11.8. The maximum absolute atomic E-state index is 11.8. The number of H-pyrrole nitrogens is 1. The first-order valence-electron chi connectivity index (χ1n) is 6.42. The lowest BCUT2D eigenvalue weighted by Crippen LogP contribution is -2.33. The van der Waals surface area contributed by atoms with Gasteiger partial charge in [0.25, 0.3) is 5.91 Å². The van der Waals surface area contributed by atoms with Crippen molar-refractivity contribution in [2.24, 2.45) is 0 Å². The minimum Gasteiger partial charge on any atom is -0.399 e. The molecule has 0 aliphatic carbocycles. The van der Waals surface area contributed by atoms with Crippen molar-refractivity contribution in [1.29, 1.82) is 0 Å². The molecule has 0 fully saturated rings. The molecule has 0 bridgehead atoms. The van der Waals surface area contributed by atoms with E-state index in [2.05, 4.69) is 20.8 Å². The largest absolute Gasteiger partial charge is 0.399 e. The number of rotatable bonds is 4. The van der Waals surface area contributed by atoms with Crippen molar-refractivity contribution in [3.63, 3.8) is 0 Å². The van der Waals surface area contributed by atoms with Crippen molar-refractivity contribution in [1.82, 2.24) is 15.5 Å². The average molecular weight is 287 g/mol. The van der Waals surface area contributed by atoms with Crippen LogP contribution in [0.3, 0.4) is 0 Å². The Hall–Kier alpha value is -2.83. The number of carbonyl (C=O) groups excluding carboxylic acids is 2. The summed E-state index contributed by atoms with van der Waals surface area (Å²) in [5.74, 6) is -0.201. The molecule has 7 heteroatoms. The summed E-state index contributed by atoms with van der Waals surface area (Å²) in [4.78, 5) is 23.6. The molecule has 2 amide bonds. The highest BCUT2D eigenvalue weighted by Gasteiger charge is 2.11. The summed E-state index contributed by atoms with van der Waals surface area (Å²) < 4.78 is 0. The van der Waals surface area contributed by atoms with E-state index in [0.717, 1.165) is 11.3 Å². The maximum Gasteiger partial charge on any atom is 0.251 e. The van der Waals surface area contributed by atoms with Crippen molar-refractivity contribution < 1.29 is 9.59 Å². The average Bonchev–Trinajstić information content (AvgIpc) is 2.77. The van der Waals surface area contributed by atoms with Crippen LogP contribution in [-0.4, -0.2) is 28.6 Å². The third-order valence-electron chi connectivity index (χ3n) is 3.09. The summed E-state index contributed by atoms with van der Waals surface area (Å²) >= 11 is 0. The fourth-order valence-electron chi connectivity index (χ4n) is 1.68. The first-order valence-corrected chi connectivity index (χ1v) is 6.42. The summed E-state index contributed by atoms with van der Waals surface area (Å²) in [7, 11) is 0. The molecule has 0 atom stereocenters. The lowest BCUT2D eigenvalue weighted by atomic mass is 10.2. The van der Waals surface area contributed by atoms with Crippen LogP contribution >= 0.6 is 0 Å². The number of amides is 2. The quantitative estimate of drug-likeness (QED) is 0.628. The minimum atomic E-state index is -0.339. The van der Waals surface area contributed by atoms with Crippen molar-refractivity contribution in [3.05, 3.63) is 41.1 Å². The van der Waals surface area contributed by atoms with Gasteiger partial charge in [-0.15, -0.1) is 0 Å². The Morgan fingerprint density at radius 1 is 1.24 bits per heavy atom. The number of aromatic amines is 1. The number of benzene rings is 1. The second-order valence-corrected chi connectivity index (χ2v) is 4.68. The molecule has 2 rings (SSSR count). The molecule has 2 aromatic rings. The van der Waals surface area contributed by atoms with Crippen LogP contribution in [0.1, 0.15) is 21.6 Å². The van der Waals surface area contributed by atoms with Crippen molar-refractivity contribution in [3.8, 4) is 0 Å². The molecule has 0 aliphatic heterocycles. The van der Waals surface area contributed by atoms with Gasteiger partial charge in [0.05, 0.1) is 6.54 Å². The summed E-state index contributed by atoms with van der Waals surface area (Å²) in [6.07, 6.45) is 0. The fraction of sp³-hybridized carbons (Fsp3) is 0.214. The smallest absolute Gasteiger partial charge is 0.251 e. The summed E-state index contributed by atoms with van der Waals surface area (Å²) in [5.41, 5.74) is 8.32. The molecule has 1 aromatic heterocycles. The molecule has 21 heavy (non-hydrogen) atoms. The van der Waals surface area contributed by atoms with Gasteiger partial charge in [0.15, 0.2) is 5.82 Å². The predicted molar refractivity (Wildman–Crippen MR) is 79.9 cm³/mol. The predicted octanol–water partition coefficient (Wildman–Crippen LogP) is 0.977. The van der Waals surface area contributed by atoms with Crippen molar-refractivity contribution in [2.75, 3.05) is 17.6 Å². The highest BCUT2D eigenvalue weighted by molar-refractivity contribution is 5.99. The van der Waals surface area contributed by atoms with Crippen LogP contribution in [0.4, 0.5) is 11.5 Å². The van der Waals surface area contributed by atoms with Crippen LogP contribution in [0.15, 0.2) is 24.3 Å². The SMILES string of the molecule is Cc1[nH]nc(NC(=O)CNC(=O)c2ccc(N)cc2)c1C. The van der Waals surface area contributed by atoms with E-state index in [0.29, 0.717) is 17.1 Å². The van der Waals surface area contributed by atoms with Gasteiger partial charge in [0, 0.05) is 22.5 Å². The van der Waals surface area contributed by atoms with Gasteiger partial charge in [-0.05, 0) is 38.1 Å². The molecule has 1 heterocycles. The Labute approximate surface area is 121 Å². The molecule has 0 unspecified atom stereocenters. The second kappa shape index (κ2) is 6.08. The third kappa shape index (κ3) is 3.59. The summed E-state index contributed by atoms with van der Waals surface area (Å²) in [6, 6.07) is 6.46. The molecule has 0 saturated carbocycles. The zero-order chi connectivity index (χ0) is 15.4. The number of hydrogen-bond acceptors (Lipinski definition) is 4. The highest BCUT2D eigenvalue weighted by atomic mass is 16.2.